The number of aromatic nitrogens is 2. The van der Waals surface area contributed by atoms with Gasteiger partial charge in [-0.3, -0.25) is 9.59 Å². The van der Waals surface area contributed by atoms with Crippen LogP contribution in [0, 0.1) is 6.92 Å². The quantitative estimate of drug-likeness (QED) is 0.881. The number of amides is 2. The van der Waals surface area contributed by atoms with Crippen LogP contribution in [0.15, 0.2) is 4.42 Å². The van der Waals surface area contributed by atoms with Crippen molar-refractivity contribution in [3.8, 4) is 0 Å². The summed E-state index contributed by atoms with van der Waals surface area (Å²) in [5.74, 6) is -2.20. The Kier molecular flexibility index (Phi) is 4.14. The molecule has 21 heavy (non-hydrogen) atoms. The summed E-state index contributed by atoms with van der Waals surface area (Å²) in [6.45, 7) is 1.39. The molecule has 0 spiro atoms. The molecule has 116 valence electrons. The van der Waals surface area contributed by atoms with E-state index in [0.29, 0.717) is 17.2 Å². The van der Waals surface area contributed by atoms with Gasteiger partial charge in [-0.25, -0.2) is 0 Å². The lowest BCUT2D eigenvalue weighted by Gasteiger charge is -2.24. The summed E-state index contributed by atoms with van der Waals surface area (Å²) in [6, 6.07) is -1.12. The van der Waals surface area contributed by atoms with Crippen LogP contribution < -0.4 is 5.32 Å². The van der Waals surface area contributed by atoms with E-state index in [9.17, 15) is 22.8 Å². The van der Waals surface area contributed by atoms with Gasteiger partial charge in [0, 0.05) is 13.5 Å². The van der Waals surface area contributed by atoms with Gasteiger partial charge in [0.05, 0.1) is 6.54 Å². The molecule has 10 heteroatoms. The Morgan fingerprint density at radius 1 is 1.43 bits per heavy atom. The van der Waals surface area contributed by atoms with Crippen molar-refractivity contribution in [3.63, 3.8) is 0 Å². The zero-order valence-corrected chi connectivity index (χ0v) is 11.1. The summed E-state index contributed by atoms with van der Waals surface area (Å²) in [6.07, 6.45) is -4.44. The summed E-state index contributed by atoms with van der Waals surface area (Å²) in [5.41, 5.74) is 0. The van der Waals surface area contributed by atoms with Gasteiger partial charge in [0.15, 0.2) is 0 Å². The number of hydrogen-bond donors (Lipinski definition) is 1. The SMILES string of the molecule is Cc1nnc(CNC(=O)C2CCCN2C(=O)C(F)(F)F)o1. The van der Waals surface area contributed by atoms with E-state index in [1.807, 2.05) is 0 Å². The number of nitrogens with zero attached hydrogens (tertiary/aromatic N) is 3. The molecule has 2 amide bonds. The maximum atomic E-state index is 12.4. The van der Waals surface area contributed by atoms with Crippen LogP contribution in [0.5, 0.6) is 0 Å². The van der Waals surface area contributed by atoms with E-state index in [1.165, 1.54) is 0 Å². The Morgan fingerprint density at radius 3 is 2.71 bits per heavy atom. The second-order valence-corrected chi connectivity index (χ2v) is 4.59. The van der Waals surface area contributed by atoms with Gasteiger partial charge < -0.3 is 14.6 Å². The van der Waals surface area contributed by atoms with Gasteiger partial charge in [-0.05, 0) is 12.8 Å². The number of likely N-dealkylation sites (tertiary alicyclic amines) is 1. The van der Waals surface area contributed by atoms with Gasteiger partial charge in [0.2, 0.25) is 17.7 Å². The van der Waals surface area contributed by atoms with E-state index in [-0.39, 0.29) is 25.4 Å². The van der Waals surface area contributed by atoms with Crippen molar-refractivity contribution in [1.82, 2.24) is 20.4 Å². The van der Waals surface area contributed by atoms with Crippen LogP contribution in [0.25, 0.3) is 0 Å². The lowest BCUT2D eigenvalue weighted by atomic mass is 10.2. The molecular formula is C11H13F3N4O3. The van der Waals surface area contributed by atoms with Crippen LogP contribution in [0.2, 0.25) is 0 Å². The number of nitrogens with one attached hydrogen (secondary N) is 1. The van der Waals surface area contributed by atoms with Crippen LogP contribution in [0.4, 0.5) is 13.2 Å². The molecule has 2 heterocycles. The van der Waals surface area contributed by atoms with E-state index in [0.717, 1.165) is 0 Å². The molecule has 0 radical (unpaired) electrons. The molecule has 1 unspecified atom stereocenters. The van der Waals surface area contributed by atoms with Gasteiger partial charge in [0.25, 0.3) is 0 Å². The molecule has 1 saturated heterocycles. The first-order chi connectivity index (χ1) is 9.79. The summed E-state index contributed by atoms with van der Waals surface area (Å²) in [7, 11) is 0. The molecule has 1 fully saturated rings. The number of hydrogen-bond acceptors (Lipinski definition) is 5. The molecule has 1 aromatic heterocycles. The third-order valence-electron chi connectivity index (χ3n) is 3.04. The van der Waals surface area contributed by atoms with E-state index in [4.69, 9.17) is 4.42 Å². The first-order valence-corrected chi connectivity index (χ1v) is 6.23. The van der Waals surface area contributed by atoms with Gasteiger partial charge in [-0.1, -0.05) is 0 Å². The fraction of sp³-hybridized carbons (Fsp3) is 0.636. The Bertz CT molecular complexity index is 543. The van der Waals surface area contributed by atoms with Gasteiger partial charge >= 0.3 is 12.1 Å². The number of carbonyl (C=O) groups is 2. The van der Waals surface area contributed by atoms with E-state index in [2.05, 4.69) is 15.5 Å². The average Bonchev–Trinajstić information content (AvgIpc) is 3.02. The highest BCUT2D eigenvalue weighted by Crippen LogP contribution is 2.25. The first-order valence-electron chi connectivity index (χ1n) is 6.23. The predicted octanol–water partition coefficient (Wildman–Crippen LogP) is 0.548. The number of rotatable bonds is 3. The predicted molar refractivity (Wildman–Crippen MR) is 61.7 cm³/mol. The molecular weight excluding hydrogens is 293 g/mol. The van der Waals surface area contributed by atoms with E-state index >= 15 is 0 Å². The number of carbonyl (C=O) groups excluding carboxylic acids is 2. The maximum Gasteiger partial charge on any atom is 0.471 e. The summed E-state index contributed by atoms with van der Waals surface area (Å²) in [4.78, 5) is 23.7. The average molecular weight is 306 g/mol. The molecule has 1 N–H and O–H groups in total. The van der Waals surface area contributed by atoms with Crippen LogP contribution >= 0.6 is 0 Å². The zero-order valence-electron chi connectivity index (χ0n) is 11.1. The monoisotopic (exact) mass is 306 g/mol. The topological polar surface area (TPSA) is 88.3 Å². The minimum Gasteiger partial charge on any atom is -0.424 e. The van der Waals surface area contributed by atoms with Crippen LogP contribution in [-0.2, 0) is 16.1 Å². The second-order valence-electron chi connectivity index (χ2n) is 4.59. The van der Waals surface area contributed by atoms with Crippen LogP contribution in [0.3, 0.4) is 0 Å². The Hall–Kier alpha value is -2.13. The minimum atomic E-state index is -4.98. The highest BCUT2D eigenvalue weighted by molar-refractivity contribution is 5.90. The molecule has 1 aliphatic heterocycles. The van der Waals surface area contributed by atoms with Crippen molar-refractivity contribution >= 4 is 11.8 Å². The molecule has 0 saturated carbocycles. The molecule has 1 atom stereocenters. The minimum absolute atomic E-state index is 0.0872. The Balaban J connectivity index is 1.96. The molecule has 1 aliphatic rings. The van der Waals surface area contributed by atoms with Crippen molar-refractivity contribution in [2.24, 2.45) is 0 Å². The Labute approximate surface area is 117 Å². The third-order valence-corrected chi connectivity index (χ3v) is 3.04. The fourth-order valence-electron chi connectivity index (χ4n) is 2.13. The highest BCUT2D eigenvalue weighted by Gasteiger charge is 2.47. The van der Waals surface area contributed by atoms with Gasteiger partial charge in [0.1, 0.15) is 6.04 Å². The van der Waals surface area contributed by atoms with Gasteiger partial charge in [-0.2, -0.15) is 13.2 Å². The lowest BCUT2D eigenvalue weighted by Crippen LogP contribution is -2.50. The number of halogens is 3. The normalized spacial score (nSPS) is 18.9. The van der Waals surface area contributed by atoms with Crippen molar-refractivity contribution in [2.45, 2.75) is 38.5 Å². The number of aryl methyl sites for hydroxylation is 1. The standard InChI is InChI=1S/C11H13F3N4O3/c1-6-16-17-8(21-6)5-15-9(19)7-3-2-4-18(7)10(20)11(12,13)14/h7H,2-5H2,1H3,(H,15,19). The maximum absolute atomic E-state index is 12.4. The second kappa shape index (κ2) is 5.70. The zero-order chi connectivity index (χ0) is 15.6. The smallest absolute Gasteiger partial charge is 0.424 e. The summed E-state index contributed by atoms with van der Waals surface area (Å²) >= 11 is 0. The van der Waals surface area contributed by atoms with Crippen molar-refractivity contribution in [3.05, 3.63) is 11.8 Å². The highest BCUT2D eigenvalue weighted by atomic mass is 19.4. The molecule has 0 bridgehead atoms. The summed E-state index contributed by atoms with van der Waals surface area (Å²) < 4.78 is 42.3. The first kappa shape index (κ1) is 15.3. The number of alkyl halides is 3. The Morgan fingerprint density at radius 2 is 2.14 bits per heavy atom. The van der Waals surface area contributed by atoms with Gasteiger partial charge in [-0.15, -0.1) is 10.2 Å². The van der Waals surface area contributed by atoms with Crippen molar-refractivity contribution < 1.29 is 27.2 Å². The third kappa shape index (κ3) is 3.50. The largest absolute Gasteiger partial charge is 0.471 e. The van der Waals surface area contributed by atoms with Crippen molar-refractivity contribution in [2.75, 3.05) is 6.54 Å². The van der Waals surface area contributed by atoms with Crippen LogP contribution in [-0.4, -0.2) is 45.7 Å². The fourth-order valence-corrected chi connectivity index (χ4v) is 2.13. The van der Waals surface area contributed by atoms with Crippen molar-refractivity contribution in [1.29, 1.82) is 0 Å². The summed E-state index contributed by atoms with van der Waals surface area (Å²) in [5, 5.41) is 9.60. The molecule has 0 aromatic carbocycles. The molecule has 1 aromatic rings. The lowest BCUT2D eigenvalue weighted by molar-refractivity contribution is -0.186. The van der Waals surface area contributed by atoms with E-state index in [1.54, 1.807) is 6.92 Å². The molecule has 2 rings (SSSR count). The molecule has 0 aliphatic carbocycles. The molecule has 7 nitrogen and oxygen atoms in total. The van der Waals surface area contributed by atoms with E-state index < -0.39 is 24.0 Å². The van der Waals surface area contributed by atoms with Crippen LogP contribution in [0.1, 0.15) is 24.6 Å².